The van der Waals surface area contributed by atoms with Crippen molar-refractivity contribution in [3.63, 3.8) is 0 Å². The first kappa shape index (κ1) is 13.4. The molecule has 1 amide bonds. The highest BCUT2D eigenvalue weighted by molar-refractivity contribution is 5.75. The number of nitrogens with one attached hydrogen (secondary N) is 1. The van der Waals surface area contributed by atoms with E-state index in [4.69, 9.17) is 5.73 Å². The van der Waals surface area contributed by atoms with Crippen molar-refractivity contribution in [2.45, 2.75) is 34.1 Å². The van der Waals surface area contributed by atoms with Gasteiger partial charge in [0.25, 0.3) is 0 Å². The SMILES string of the molecule is CC(C)C(CNC(=O)CCN)C(C)C. The summed E-state index contributed by atoms with van der Waals surface area (Å²) in [4.78, 5) is 11.2. The molecule has 3 N–H and O–H groups in total. The number of hydrogen-bond acceptors (Lipinski definition) is 2. The molecule has 0 heterocycles. The van der Waals surface area contributed by atoms with E-state index in [-0.39, 0.29) is 5.91 Å². The fourth-order valence-corrected chi connectivity index (χ4v) is 1.69. The van der Waals surface area contributed by atoms with Crippen molar-refractivity contribution in [3.05, 3.63) is 0 Å². The Morgan fingerprint density at radius 3 is 2.07 bits per heavy atom. The van der Waals surface area contributed by atoms with Crippen LogP contribution in [0.5, 0.6) is 0 Å². The Labute approximate surface area is 87.4 Å². The molecule has 0 aromatic carbocycles. The molecule has 0 spiro atoms. The van der Waals surface area contributed by atoms with Crippen LogP contribution in [-0.2, 0) is 4.79 Å². The molecule has 0 saturated carbocycles. The van der Waals surface area contributed by atoms with Crippen LogP contribution in [0.1, 0.15) is 34.1 Å². The van der Waals surface area contributed by atoms with E-state index in [1.807, 2.05) is 0 Å². The van der Waals surface area contributed by atoms with Crippen LogP contribution in [0.4, 0.5) is 0 Å². The Hall–Kier alpha value is -0.570. The third-order valence-corrected chi connectivity index (χ3v) is 2.62. The molecule has 0 fully saturated rings. The molecule has 0 aromatic heterocycles. The first-order valence-corrected chi connectivity index (χ1v) is 5.45. The quantitative estimate of drug-likeness (QED) is 0.680. The van der Waals surface area contributed by atoms with Gasteiger partial charge in [-0.1, -0.05) is 27.7 Å². The van der Waals surface area contributed by atoms with Crippen molar-refractivity contribution in [2.24, 2.45) is 23.5 Å². The molecule has 84 valence electrons. The largest absolute Gasteiger partial charge is 0.356 e. The molecular formula is C11H24N2O. The fraction of sp³-hybridized carbons (Fsp3) is 0.909. The minimum absolute atomic E-state index is 0.0683. The van der Waals surface area contributed by atoms with Gasteiger partial charge < -0.3 is 11.1 Å². The second kappa shape index (κ2) is 6.82. The number of carbonyl (C=O) groups is 1. The normalized spacial score (nSPS) is 11.4. The fourth-order valence-electron chi connectivity index (χ4n) is 1.69. The van der Waals surface area contributed by atoms with Crippen LogP contribution in [0.15, 0.2) is 0 Å². The summed E-state index contributed by atoms with van der Waals surface area (Å²) in [7, 11) is 0. The number of nitrogens with two attached hydrogens (primary N) is 1. The predicted molar refractivity (Wildman–Crippen MR) is 59.8 cm³/mol. The van der Waals surface area contributed by atoms with Crippen LogP contribution in [0.3, 0.4) is 0 Å². The molecule has 0 aliphatic heterocycles. The summed E-state index contributed by atoms with van der Waals surface area (Å²) in [5, 5.41) is 2.93. The van der Waals surface area contributed by atoms with Crippen molar-refractivity contribution in [1.82, 2.24) is 5.32 Å². The van der Waals surface area contributed by atoms with Crippen LogP contribution >= 0.6 is 0 Å². The highest BCUT2D eigenvalue weighted by atomic mass is 16.1. The number of carbonyl (C=O) groups excluding carboxylic acids is 1. The van der Waals surface area contributed by atoms with Gasteiger partial charge in [-0.05, 0) is 17.8 Å². The van der Waals surface area contributed by atoms with Gasteiger partial charge in [0.2, 0.25) is 5.91 Å². The van der Waals surface area contributed by atoms with Gasteiger partial charge in [-0.2, -0.15) is 0 Å². The zero-order chi connectivity index (χ0) is 11.1. The first-order chi connectivity index (χ1) is 6.49. The third-order valence-electron chi connectivity index (χ3n) is 2.62. The molecule has 0 aromatic rings. The van der Waals surface area contributed by atoms with Gasteiger partial charge in [-0.3, -0.25) is 4.79 Å². The lowest BCUT2D eigenvalue weighted by Gasteiger charge is -2.24. The highest BCUT2D eigenvalue weighted by Gasteiger charge is 2.17. The number of hydrogen-bond donors (Lipinski definition) is 2. The molecule has 0 unspecified atom stereocenters. The topological polar surface area (TPSA) is 55.1 Å². The average molecular weight is 200 g/mol. The smallest absolute Gasteiger partial charge is 0.221 e. The zero-order valence-electron chi connectivity index (χ0n) is 9.84. The molecule has 0 aliphatic carbocycles. The summed E-state index contributed by atoms with van der Waals surface area (Å²) in [6.45, 7) is 9.98. The molecule has 0 atom stereocenters. The molecular weight excluding hydrogens is 176 g/mol. The molecule has 0 aliphatic rings. The van der Waals surface area contributed by atoms with Crippen molar-refractivity contribution in [2.75, 3.05) is 13.1 Å². The lowest BCUT2D eigenvalue weighted by atomic mass is 9.85. The zero-order valence-corrected chi connectivity index (χ0v) is 9.84. The van der Waals surface area contributed by atoms with E-state index in [1.165, 1.54) is 0 Å². The van der Waals surface area contributed by atoms with Crippen LogP contribution in [0, 0.1) is 17.8 Å². The molecule has 0 rings (SSSR count). The monoisotopic (exact) mass is 200 g/mol. The van der Waals surface area contributed by atoms with Crippen molar-refractivity contribution in [3.8, 4) is 0 Å². The minimum Gasteiger partial charge on any atom is -0.356 e. The van der Waals surface area contributed by atoms with E-state index in [1.54, 1.807) is 0 Å². The maximum Gasteiger partial charge on any atom is 0.221 e. The van der Waals surface area contributed by atoms with E-state index >= 15 is 0 Å². The van der Waals surface area contributed by atoms with E-state index in [9.17, 15) is 4.79 Å². The van der Waals surface area contributed by atoms with Gasteiger partial charge in [0, 0.05) is 19.5 Å². The summed E-state index contributed by atoms with van der Waals surface area (Å²) in [5.74, 6) is 1.83. The highest BCUT2D eigenvalue weighted by Crippen LogP contribution is 2.19. The summed E-state index contributed by atoms with van der Waals surface area (Å²) in [5.41, 5.74) is 5.29. The van der Waals surface area contributed by atoms with E-state index < -0.39 is 0 Å². The molecule has 14 heavy (non-hydrogen) atoms. The maximum atomic E-state index is 11.2. The Kier molecular flexibility index (Phi) is 6.54. The Bertz CT molecular complexity index is 159. The second-order valence-electron chi connectivity index (χ2n) is 4.49. The Morgan fingerprint density at radius 2 is 1.71 bits per heavy atom. The maximum absolute atomic E-state index is 11.2. The molecule has 0 saturated heterocycles. The Balaban J connectivity index is 3.88. The molecule has 3 heteroatoms. The molecule has 0 bridgehead atoms. The summed E-state index contributed by atoms with van der Waals surface area (Å²) in [6.07, 6.45) is 0.433. The van der Waals surface area contributed by atoms with Crippen molar-refractivity contribution < 1.29 is 4.79 Å². The molecule has 0 radical (unpaired) electrons. The summed E-state index contributed by atoms with van der Waals surface area (Å²) < 4.78 is 0. The lowest BCUT2D eigenvalue weighted by molar-refractivity contribution is -0.121. The van der Waals surface area contributed by atoms with Crippen LogP contribution in [0.25, 0.3) is 0 Å². The van der Waals surface area contributed by atoms with Crippen molar-refractivity contribution >= 4 is 5.91 Å². The third kappa shape index (κ3) is 5.22. The predicted octanol–water partition coefficient (Wildman–Crippen LogP) is 1.38. The van der Waals surface area contributed by atoms with Gasteiger partial charge in [0.1, 0.15) is 0 Å². The van der Waals surface area contributed by atoms with Crippen LogP contribution in [0.2, 0.25) is 0 Å². The van der Waals surface area contributed by atoms with Gasteiger partial charge in [0.15, 0.2) is 0 Å². The van der Waals surface area contributed by atoms with E-state index in [0.717, 1.165) is 6.54 Å². The van der Waals surface area contributed by atoms with Crippen LogP contribution in [-0.4, -0.2) is 19.0 Å². The minimum atomic E-state index is 0.0683. The van der Waals surface area contributed by atoms with Crippen molar-refractivity contribution in [1.29, 1.82) is 0 Å². The number of amides is 1. The van der Waals surface area contributed by atoms with Gasteiger partial charge in [0.05, 0.1) is 0 Å². The van der Waals surface area contributed by atoms with Gasteiger partial charge in [-0.15, -0.1) is 0 Å². The lowest BCUT2D eigenvalue weighted by Crippen LogP contribution is -2.34. The Morgan fingerprint density at radius 1 is 1.21 bits per heavy atom. The first-order valence-electron chi connectivity index (χ1n) is 5.45. The standard InChI is InChI=1S/C11H24N2O/c1-8(2)10(9(3)4)7-13-11(14)5-6-12/h8-10H,5-7,12H2,1-4H3,(H,13,14). The summed E-state index contributed by atoms with van der Waals surface area (Å²) >= 11 is 0. The number of rotatable bonds is 6. The molecule has 3 nitrogen and oxygen atoms in total. The average Bonchev–Trinajstić information content (AvgIpc) is 2.03. The van der Waals surface area contributed by atoms with E-state index in [2.05, 4.69) is 33.0 Å². The van der Waals surface area contributed by atoms with Gasteiger partial charge in [-0.25, -0.2) is 0 Å². The van der Waals surface area contributed by atoms with Gasteiger partial charge >= 0.3 is 0 Å². The van der Waals surface area contributed by atoms with E-state index in [0.29, 0.717) is 30.7 Å². The van der Waals surface area contributed by atoms with Crippen LogP contribution < -0.4 is 11.1 Å². The summed E-state index contributed by atoms with van der Waals surface area (Å²) in [6, 6.07) is 0. The second-order valence-corrected chi connectivity index (χ2v) is 4.49.